The number of hydrogen-bond acceptors (Lipinski definition) is 2. The van der Waals surface area contributed by atoms with Crippen LogP contribution in [0.2, 0.25) is 0 Å². The lowest BCUT2D eigenvalue weighted by molar-refractivity contribution is 0.0871. The van der Waals surface area contributed by atoms with Crippen molar-refractivity contribution in [3.8, 4) is 11.5 Å². The van der Waals surface area contributed by atoms with Crippen molar-refractivity contribution in [2.75, 3.05) is 12.0 Å². The van der Waals surface area contributed by atoms with Gasteiger partial charge in [-0.1, -0.05) is 27.2 Å². The highest BCUT2D eigenvalue weighted by Crippen LogP contribution is 2.51. The van der Waals surface area contributed by atoms with Gasteiger partial charge in [-0.25, -0.2) is 10.9 Å². The van der Waals surface area contributed by atoms with Gasteiger partial charge >= 0.3 is 0 Å². The molecule has 1 heterocycles. The molecule has 1 aromatic rings. The van der Waals surface area contributed by atoms with E-state index < -0.39 is 0 Å². The number of thiol groups is 1. The van der Waals surface area contributed by atoms with E-state index in [0.29, 0.717) is 11.2 Å². The predicted octanol–water partition coefficient (Wildman–Crippen LogP) is 7.03. The lowest BCUT2D eigenvalue weighted by Crippen LogP contribution is -2.42. The Kier molecular flexibility index (Phi) is 6.59. The van der Waals surface area contributed by atoms with Crippen molar-refractivity contribution < 1.29 is 9.84 Å². The van der Waals surface area contributed by atoms with Crippen LogP contribution in [0.5, 0.6) is 11.5 Å². The second kappa shape index (κ2) is 8.36. The fraction of sp³-hybridized carbons (Fsp3) is 0.769. The second-order valence-electron chi connectivity index (χ2n) is 11.2. The number of phenolic OH excluding ortho intramolecular Hbond substituents is 1. The van der Waals surface area contributed by atoms with Gasteiger partial charge in [0.15, 0.2) is 0 Å². The summed E-state index contributed by atoms with van der Waals surface area (Å²) in [4.78, 5) is 0. The van der Waals surface area contributed by atoms with Crippen molar-refractivity contribution in [1.82, 2.24) is 0 Å². The first-order valence-electron chi connectivity index (χ1n) is 11.7. The molecule has 29 heavy (non-hydrogen) atoms. The Morgan fingerprint density at radius 3 is 2.45 bits per heavy atom. The first-order valence-corrected chi connectivity index (χ1v) is 13.7. The van der Waals surface area contributed by atoms with Crippen LogP contribution in [0.1, 0.15) is 88.5 Å². The lowest BCUT2D eigenvalue weighted by Gasteiger charge is -2.46. The van der Waals surface area contributed by atoms with Gasteiger partial charge in [-0.05, 0) is 106 Å². The molecule has 3 heteroatoms. The smallest absolute Gasteiger partial charge is 0.127 e. The monoisotopic (exact) mass is 420 g/mol. The first-order chi connectivity index (χ1) is 13.4. The predicted molar refractivity (Wildman–Crippen MR) is 129 cm³/mol. The van der Waals surface area contributed by atoms with Crippen LogP contribution >= 0.6 is 10.9 Å². The normalized spacial score (nSPS) is 31.3. The summed E-state index contributed by atoms with van der Waals surface area (Å²) in [6, 6.07) is 0. The number of aromatic hydroxyl groups is 1. The molecule has 0 bridgehead atoms. The van der Waals surface area contributed by atoms with Crippen molar-refractivity contribution in [3.63, 3.8) is 0 Å². The minimum Gasteiger partial charge on any atom is -0.507 e. The van der Waals surface area contributed by atoms with Crippen LogP contribution in [0, 0.1) is 32.1 Å². The number of benzene rings is 1. The molecule has 0 radical (unpaired) electrons. The quantitative estimate of drug-likeness (QED) is 0.501. The van der Waals surface area contributed by atoms with E-state index in [4.69, 9.17) is 4.74 Å². The molecule has 2 nitrogen and oxygen atoms in total. The molecule has 0 saturated heterocycles. The molecule has 4 unspecified atom stereocenters. The van der Waals surface area contributed by atoms with Crippen molar-refractivity contribution in [2.45, 2.75) is 104 Å². The SMILES string of the molecule is Cc1c(C)c2c(c(C)c1O)CCC(C)(C[SH](C)C1CCCC(C)(CC(C)C)C1)O2. The molecule has 1 aliphatic carbocycles. The van der Waals surface area contributed by atoms with Crippen molar-refractivity contribution >= 4 is 10.9 Å². The fourth-order valence-corrected chi connectivity index (χ4v) is 9.06. The summed E-state index contributed by atoms with van der Waals surface area (Å²) in [5.74, 6) is 3.51. The molecule has 3 rings (SSSR count). The Hall–Kier alpha value is -0.830. The summed E-state index contributed by atoms with van der Waals surface area (Å²) in [5.41, 5.74) is 4.81. The second-order valence-corrected chi connectivity index (χ2v) is 13.7. The van der Waals surface area contributed by atoms with Gasteiger partial charge in [0.1, 0.15) is 17.1 Å². The van der Waals surface area contributed by atoms with Gasteiger partial charge < -0.3 is 9.84 Å². The topological polar surface area (TPSA) is 29.5 Å². The van der Waals surface area contributed by atoms with E-state index in [1.54, 1.807) is 0 Å². The van der Waals surface area contributed by atoms with E-state index >= 15 is 0 Å². The van der Waals surface area contributed by atoms with E-state index in [0.717, 1.165) is 46.4 Å². The molecule has 0 amide bonds. The molecular weight excluding hydrogens is 376 g/mol. The standard InChI is InChI=1S/C26H44O2S/c1-17(2)14-25(6)12-9-10-21(15-25)29(8)16-26(7)13-11-22-20(5)23(27)18(3)19(4)24(22)28-26/h17,21,27,29H,9-16H2,1-8H3. The molecule has 1 aliphatic heterocycles. The maximum Gasteiger partial charge on any atom is 0.127 e. The zero-order valence-electron chi connectivity index (χ0n) is 20.1. The van der Waals surface area contributed by atoms with Gasteiger partial charge in [0.05, 0.1) is 0 Å². The van der Waals surface area contributed by atoms with Gasteiger partial charge in [0.2, 0.25) is 0 Å². The number of fused-ring (bicyclic) bond motifs is 1. The Balaban J connectivity index is 1.74. The highest BCUT2D eigenvalue weighted by atomic mass is 32.2. The molecule has 1 N–H and O–H groups in total. The minimum absolute atomic E-state index is 0.0485. The fourth-order valence-electron chi connectivity index (χ4n) is 6.15. The van der Waals surface area contributed by atoms with Crippen LogP contribution in [0.4, 0.5) is 0 Å². The zero-order chi connectivity index (χ0) is 21.6. The van der Waals surface area contributed by atoms with Crippen LogP contribution in [0.3, 0.4) is 0 Å². The third-order valence-corrected chi connectivity index (χ3v) is 10.6. The van der Waals surface area contributed by atoms with E-state index in [-0.39, 0.29) is 16.5 Å². The summed E-state index contributed by atoms with van der Waals surface area (Å²) in [7, 11) is -0.0485. The summed E-state index contributed by atoms with van der Waals surface area (Å²) in [6.45, 7) is 15.8. The maximum atomic E-state index is 10.4. The van der Waals surface area contributed by atoms with Crippen molar-refractivity contribution in [1.29, 1.82) is 0 Å². The maximum absolute atomic E-state index is 10.4. The third kappa shape index (κ3) is 4.75. The Morgan fingerprint density at radius 1 is 1.10 bits per heavy atom. The molecule has 166 valence electrons. The third-order valence-electron chi connectivity index (χ3n) is 7.75. The average Bonchev–Trinajstić information content (AvgIpc) is 2.63. The summed E-state index contributed by atoms with van der Waals surface area (Å²) >= 11 is 0. The largest absolute Gasteiger partial charge is 0.507 e. The van der Waals surface area contributed by atoms with E-state index in [1.807, 2.05) is 13.8 Å². The summed E-state index contributed by atoms with van der Waals surface area (Å²) in [5, 5.41) is 11.3. The Bertz CT molecular complexity index is 756. The minimum atomic E-state index is -0.0695. The Labute approximate surface area is 182 Å². The number of phenols is 1. The average molecular weight is 421 g/mol. The van der Waals surface area contributed by atoms with E-state index in [1.165, 1.54) is 43.4 Å². The zero-order valence-corrected chi connectivity index (χ0v) is 21.0. The number of hydrogen-bond donors (Lipinski definition) is 2. The van der Waals surface area contributed by atoms with Gasteiger partial charge in [-0.2, -0.15) is 0 Å². The van der Waals surface area contributed by atoms with Gasteiger partial charge in [-0.3, -0.25) is 0 Å². The highest BCUT2D eigenvalue weighted by Gasteiger charge is 2.39. The van der Waals surface area contributed by atoms with Crippen LogP contribution in [0.25, 0.3) is 0 Å². The van der Waals surface area contributed by atoms with Gasteiger partial charge in [0, 0.05) is 11.3 Å². The van der Waals surface area contributed by atoms with Crippen LogP contribution in [0.15, 0.2) is 0 Å². The highest BCUT2D eigenvalue weighted by molar-refractivity contribution is 8.17. The van der Waals surface area contributed by atoms with Crippen LogP contribution < -0.4 is 4.74 Å². The molecule has 1 saturated carbocycles. The molecule has 1 fully saturated rings. The van der Waals surface area contributed by atoms with Crippen molar-refractivity contribution in [3.05, 3.63) is 22.3 Å². The lowest BCUT2D eigenvalue weighted by atomic mass is 9.71. The summed E-state index contributed by atoms with van der Waals surface area (Å²) < 4.78 is 6.75. The van der Waals surface area contributed by atoms with Crippen molar-refractivity contribution in [2.24, 2.45) is 11.3 Å². The van der Waals surface area contributed by atoms with Crippen LogP contribution in [-0.4, -0.2) is 28.0 Å². The number of rotatable bonds is 5. The molecule has 1 aromatic carbocycles. The first kappa shape index (κ1) is 22.8. The molecule has 0 aromatic heterocycles. The molecule has 4 atom stereocenters. The molecular formula is C26H44O2S. The van der Waals surface area contributed by atoms with E-state index in [9.17, 15) is 5.11 Å². The van der Waals surface area contributed by atoms with Crippen LogP contribution in [-0.2, 0) is 6.42 Å². The Morgan fingerprint density at radius 2 is 1.79 bits per heavy atom. The van der Waals surface area contributed by atoms with Gasteiger partial charge in [0.25, 0.3) is 0 Å². The molecule has 2 aliphatic rings. The summed E-state index contributed by atoms with van der Waals surface area (Å²) in [6.07, 6.45) is 11.6. The van der Waals surface area contributed by atoms with Gasteiger partial charge in [-0.15, -0.1) is 0 Å². The molecule has 0 spiro atoms. The number of ether oxygens (including phenoxy) is 1. The van der Waals surface area contributed by atoms with E-state index in [2.05, 4.69) is 40.9 Å².